The minimum absolute atomic E-state index is 0.0702. The molecule has 6 nitrogen and oxygen atoms in total. The largest absolute Gasteiger partial charge is 0.461 e. The molecule has 0 unspecified atom stereocenters. The van der Waals surface area contributed by atoms with Crippen LogP contribution in [0.3, 0.4) is 0 Å². The number of ether oxygens (including phenoxy) is 4. The van der Waals surface area contributed by atoms with Crippen molar-refractivity contribution in [3.8, 4) is 0 Å². The molecule has 1 spiro atoms. The van der Waals surface area contributed by atoms with E-state index in [-0.39, 0.29) is 41.9 Å². The molecule has 4 fully saturated rings. The predicted octanol–water partition coefficient (Wildman–Crippen LogP) is 1.91. The van der Waals surface area contributed by atoms with Gasteiger partial charge in [-0.25, -0.2) is 0 Å². The summed E-state index contributed by atoms with van der Waals surface area (Å²) in [4.78, 5) is 24.5. The molecular weight excluding hydrogens is 312 g/mol. The highest BCUT2D eigenvalue weighted by atomic mass is 16.7. The number of esters is 2. The van der Waals surface area contributed by atoms with Gasteiger partial charge in [-0.15, -0.1) is 0 Å². The number of carbonyl (C=O) groups excluding carboxylic acids is 2. The van der Waals surface area contributed by atoms with Crippen molar-refractivity contribution in [1.29, 1.82) is 0 Å². The van der Waals surface area contributed by atoms with Crippen molar-refractivity contribution < 1.29 is 28.5 Å². The summed E-state index contributed by atoms with van der Waals surface area (Å²) >= 11 is 0. The second kappa shape index (κ2) is 4.94. The van der Waals surface area contributed by atoms with Gasteiger partial charge in [0.25, 0.3) is 0 Å². The molecule has 24 heavy (non-hydrogen) atoms. The van der Waals surface area contributed by atoms with Crippen LogP contribution in [0.1, 0.15) is 40.5 Å². The van der Waals surface area contributed by atoms with Crippen molar-refractivity contribution in [3.05, 3.63) is 0 Å². The van der Waals surface area contributed by atoms with Gasteiger partial charge in [-0.3, -0.25) is 9.59 Å². The topological polar surface area (TPSA) is 71.1 Å². The zero-order valence-electron chi connectivity index (χ0n) is 14.8. The Kier molecular flexibility index (Phi) is 3.37. The molecule has 6 heteroatoms. The van der Waals surface area contributed by atoms with Crippen molar-refractivity contribution >= 4 is 11.9 Å². The van der Waals surface area contributed by atoms with Crippen LogP contribution in [0.4, 0.5) is 0 Å². The Morgan fingerprint density at radius 3 is 2.58 bits per heavy atom. The SMILES string of the molecule is CC(C)(C)C(=O)OC[C@H]1OC(=O)[C@@H]2[C@@H]3[C@@H](CCC34OCCO4)[C@@]21C. The van der Waals surface area contributed by atoms with E-state index in [0.717, 1.165) is 12.8 Å². The second-order valence-corrected chi connectivity index (χ2v) is 8.80. The average Bonchev–Trinajstić information content (AvgIpc) is 3.13. The number of carbonyl (C=O) groups is 2. The van der Waals surface area contributed by atoms with Crippen LogP contribution in [0.2, 0.25) is 0 Å². The Balaban J connectivity index is 1.51. The Labute approximate surface area is 142 Å². The maximum atomic E-state index is 12.5. The number of rotatable bonds is 2. The Hall–Kier alpha value is -1.14. The van der Waals surface area contributed by atoms with Gasteiger partial charge in [0, 0.05) is 17.8 Å². The molecule has 2 aliphatic heterocycles. The lowest BCUT2D eigenvalue weighted by molar-refractivity contribution is -0.248. The smallest absolute Gasteiger partial charge is 0.311 e. The third-order valence-corrected chi connectivity index (χ3v) is 6.53. The summed E-state index contributed by atoms with van der Waals surface area (Å²) < 4.78 is 22.9. The highest BCUT2D eigenvalue weighted by Gasteiger charge is 2.78. The lowest BCUT2D eigenvalue weighted by atomic mass is 9.47. The third kappa shape index (κ3) is 1.96. The quantitative estimate of drug-likeness (QED) is 0.716. The standard InChI is InChI=1S/C18H26O6/c1-16(2,3)15(20)21-9-11-17(4)10-5-6-18(22-7-8-23-18)12(10)13(17)14(19)24-11/h10-13H,5-9H2,1-4H3/t10-,11-,12+,13+,17-/m1/s1. The molecule has 4 aliphatic rings. The molecule has 0 aromatic heterocycles. The van der Waals surface area contributed by atoms with E-state index < -0.39 is 11.2 Å². The Morgan fingerprint density at radius 1 is 1.29 bits per heavy atom. The summed E-state index contributed by atoms with van der Waals surface area (Å²) in [5, 5.41) is 0. The van der Waals surface area contributed by atoms with E-state index in [2.05, 4.69) is 6.92 Å². The van der Waals surface area contributed by atoms with E-state index in [0.29, 0.717) is 19.1 Å². The third-order valence-electron chi connectivity index (χ3n) is 6.53. The van der Waals surface area contributed by atoms with Crippen LogP contribution in [0.5, 0.6) is 0 Å². The molecule has 2 saturated carbocycles. The minimum atomic E-state index is -0.592. The molecule has 0 amide bonds. The van der Waals surface area contributed by atoms with Gasteiger partial charge in [0.1, 0.15) is 12.7 Å². The molecule has 2 aliphatic carbocycles. The molecule has 0 aromatic rings. The summed E-state index contributed by atoms with van der Waals surface area (Å²) in [6.45, 7) is 8.85. The van der Waals surface area contributed by atoms with Gasteiger partial charge in [0.05, 0.1) is 24.5 Å². The normalized spacial score (nSPS) is 42.4. The van der Waals surface area contributed by atoms with Crippen molar-refractivity contribution in [3.63, 3.8) is 0 Å². The number of cyclic esters (lactones) is 1. The second-order valence-electron chi connectivity index (χ2n) is 8.80. The highest BCUT2D eigenvalue weighted by Crippen LogP contribution is 2.71. The first-order valence-electron chi connectivity index (χ1n) is 8.86. The first-order valence-corrected chi connectivity index (χ1v) is 8.86. The van der Waals surface area contributed by atoms with Gasteiger partial charge in [0.15, 0.2) is 5.79 Å². The monoisotopic (exact) mass is 338 g/mol. The number of hydrogen-bond acceptors (Lipinski definition) is 6. The maximum Gasteiger partial charge on any atom is 0.311 e. The zero-order chi connectivity index (χ0) is 17.3. The van der Waals surface area contributed by atoms with Gasteiger partial charge in [-0.05, 0) is 33.1 Å². The number of hydrogen-bond donors (Lipinski definition) is 0. The predicted molar refractivity (Wildman–Crippen MR) is 82.7 cm³/mol. The first-order chi connectivity index (χ1) is 11.2. The van der Waals surface area contributed by atoms with Crippen LogP contribution in [-0.2, 0) is 28.5 Å². The van der Waals surface area contributed by atoms with E-state index in [4.69, 9.17) is 18.9 Å². The lowest BCUT2D eigenvalue weighted by Crippen LogP contribution is -2.62. The molecule has 0 radical (unpaired) electrons. The van der Waals surface area contributed by atoms with E-state index in [1.807, 2.05) is 20.8 Å². The van der Waals surface area contributed by atoms with Crippen LogP contribution in [0.25, 0.3) is 0 Å². The van der Waals surface area contributed by atoms with Crippen molar-refractivity contribution in [2.24, 2.45) is 28.6 Å². The minimum Gasteiger partial charge on any atom is -0.461 e. The van der Waals surface area contributed by atoms with Gasteiger partial charge in [-0.2, -0.15) is 0 Å². The molecule has 2 heterocycles. The zero-order valence-corrected chi connectivity index (χ0v) is 14.8. The number of fused-ring (bicyclic) bond motifs is 5. The van der Waals surface area contributed by atoms with Gasteiger partial charge < -0.3 is 18.9 Å². The van der Waals surface area contributed by atoms with Crippen LogP contribution in [0.15, 0.2) is 0 Å². The molecule has 5 atom stereocenters. The fourth-order valence-electron chi connectivity index (χ4n) is 5.26. The van der Waals surface area contributed by atoms with E-state index in [1.54, 1.807) is 0 Å². The van der Waals surface area contributed by atoms with Gasteiger partial charge in [-0.1, -0.05) is 6.92 Å². The van der Waals surface area contributed by atoms with Crippen molar-refractivity contribution in [2.45, 2.75) is 52.4 Å². The van der Waals surface area contributed by atoms with Crippen LogP contribution in [-0.4, -0.2) is 43.7 Å². The molecule has 4 rings (SSSR count). The molecule has 2 saturated heterocycles. The summed E-state index contributed by atoms with van der Waals surface area (Å²) in [5.41, 5.74) is -0.854. The molecular formula is C18H26O6. The van der Waals surface area contributed by atoms with E-state index in [1.165, 1.54) is 0 Å². The Bertz CT molecular complexity index is 573. The summed E-state index contributed by atoms with van der Waals surface area (Å²) in [7, 11) is 0. The average molecular weight is 338 g/mol. The molecule has 134 valence electrons. The molecule has 0 aromatic carbocycles. The maximum absolute atomic E-state index is 12.5. The summed E-state index contributed by atoms with van der Waals surface area (Å²) in [5.74, 6) is -0.902. The lowest BCUT2D eigenvalue weighted by Gasteiger charge is -2.55. The fourth-order valence-corrected chi connectivity index (χ4v) is 5.26. The highest BCUT2D eigenvalue weighted by molar-refractivity contribution is 5.79. The van der Waals surface area contributed by atoms with Crippen molar-refractivity contribution in [1.82, 2.24) is 0 Å². The summed E-state index contributed by atoms with van der Waals surface area (Å²) in [6.07, 6.45) is 1.41. The van der Waals surface area contributed by atoms with E-state index in [9.17, 15) is 9.59 Å². The summed E-state index contributed by atoms with van der Waals surface area (Å²) in [6, 6.07) is 0. The van der Waals surface area contributed by atoms with E-state index >= 15 is 0 Å². The first kappa shape index (κ1) is 16.3. The Morgan fingerprint density at radius 2 is 1.96 bits per heavy atom. The fraction of sp³-hybridized carbons (Fsp3) is 0.889. The van der Waals surface area contributed by atoms with Crippen LogP contribution >= 0.6 is 0 Å². The molecule has 0 N–H and O–H groups in total. The van der Waals surface area contributed by atoms with Crippen LogP contribution in [0, 0.1) is 28.6 Å². The van der Waals surface area contributed by atoms with Crippen molar-refractivity contribution in [2.75, 3.05) is 19.8 Å². The van der Waals surface area contributed by atoms with Crippen LogP contribution < -0.4 is 0 Å². The van der Waals surface area contributed by atoms with Gasteiger partial charge >= 0.3 is 11.9 Å². The molecule has 0 bridgehead atoms. The van der Waals surface area contributed by atoms with Gasteiger partial charge in [0.2, 0.25) is 0 Å².